The predicted octanol–water partition coefficient (Wildman–Crippen LogP) is 3.45. The average Bonchev–Trinajstić information content (AvgIpc) is 2.15. The zero-order valence-electron chi connectivity index (χ0n) is 10.0. The van der Waals surface area contributed by atoms with Gasteiger partial charge in [-0.3, -0.25) is 4.79 Å². The highest BCUT2D eigenvalue weighted by Gasteiger charge is 2.14. The van der Waals surface area contributed by atoms with Crippen molar-refractivity contribution >= 4 is 5.97 Å². The molecule has 1 unspecified atom stereocenters. The summed E-state index contributed by atoms with van der Waals surface area (Å²) in [7, 11) is 0. The van der Waals surface area contributed by atoms with Crippen LogP contribution in [0.2, 0.25) is 0 Å². The smallest absolute Gasteiger partial charge is 0.313 e. The van der Waals surface area contributed by atoms with Crippen LogP contribution in [0.25, 0.3) is 0 Å². The first-order valence-electron chi connectivity index (χ1n) is 5.57. The normalized spacial score (nSPS) is 24.2. The van der Waals surface area contributed by atoms with E-state index in [0.29, 0.717) is 5.92 Å². The van der Waals surface area contributed by atoms with Gasteiger partial charge in [0.2, 0.25) is 0 Å². The molecule has 1 aliphatic carbocycles. The van der Waals surface area contributed by atoms with Gasteiger partial charge in [0.05, 0.1) is 12.2 Å². The standard InChI is InChI=1S/C13H20O2/c1-9(2)13(14)15-8-12-6-5-10(3)7-11(12)4/h7-9,11H,5-6H2,1-4H3. The fourth-order valence-electron chi connectivity index (χ4n) is 1.62. The Hall–Kier alpha value is -1.05. The first-order valence-corrected chi connectivity index (χ1v) is 5.57. The zero-order valence-corrected chi connectivity index (χ0v) is 10.0. The van der Waals surface area contributed by atoms with E-state index in [-0.39, 0.29) is 11.9 Å². The van der Waals surface area contributed by atoms with Crippen LogP contribution in [0.5, 0.6) is 0 Å². The van der Waals surface area contributed by atoms with Crippen molar-refractivity contribution < 1.29 is 9.53 Å². The average molecular weight is 208 g/mol. The highest BCUT2D eigenvalue weighted by atomic mass is 16.5. The number of carbonyl (C=O) groups excluding carboxylic acids is 1. The van der Waals surface area contributed by atoms with Crippen molar-refractivity contribution in [1.29, 1.82) is 0 Å². The molecule has 0 bridgehead atoms. The summed E-state index contributed by atoms with van der Waals surface area (Å²) in [4.78, 5) is 11.3. The first-order chi connectivity index (χ1) is 7.00. The van der Waals surface area contributed by atoms with Crippen LogP contribution in [0.4, 0.5) is 0 Å². The van der Waals surface area contributed by atoms with E-state index in [1.54, 1.807) is 6.26 Å². The van der Waals surface area contributed by atoms with Crippen molar-refractivity contribution in [3.8, 4) is 0 Å². The second-order valence-electron chi connectivity index (χ2n) is 4.59. The van der Waals surface area contributed by atoms with Gasteiger partial charge in [-0.25, -0.2) is 0 Å². The maximum atomic E-state index is 11.3. The summed E-state index contributed by atoms with van der Waals surface area (Å²) in [5, 5.41) is 0. The summed E-state index contributed by atoms with van der Waals surface area (Å²) in [6.45, 7) is 7.97. The Morgan fingerprint density at radius 3 is 2.73 bits per heavy atom. The first kappa shape index (κ1) is 12.0. The lowest BCUT2D eigenvalue weighted by Gasteiger charge is -2.19. The molecule has 0 aromatic heterocycles. The lowest BCUT2D eigenvalue weighted by molar-refractivity contribution is -0.141. The Bertz CT molecular complexity index is 298. The van der Waals surface area contributed by atoms with Crippen LogP contribution in [0.1, 0.15) is 40.5 Å². The number of rotatable bonds is 2. The Kier molecular flexibility index (Phi) is 4.13. The topological polar surface area (TPSA) is 26.3 Å². The Morgan fingerprint density at radius 2 is 2.20 bits per heavy atom. The second-order valence-corrected chi connectivity index (χ2v) is 4.59. The van der Waals surface area contributed by atoms with Gasteiger partial charge in [0.25, 0.3) is 0 Å². The fraction of sp³-hybridized carbons (Fsp3) is 0.615. The van der Waals surface area contributed by atoms with Gasteiger partial charge in [-0.1, -0.05) is 32.4 Å². The summed E-state index contributed by atoms with van der Waals surface area (Å²) in [6.07, 6.45) is 5.97. The molecule has 0 spiro atoms. The molecule has 84 valence electrons. The van der Waals surface area contributed by atoms with Gasteiger partial charge in [-0.2, -0.15) is 0 Å². The van der Waals surface area contributed by atoms with E-state index in [0.717, 1.165) is 12.8 Å². The Morgan fingerprint density at radius 1 is 1.53 bits per heavy atom. The van der Waals surface area contributed by atoms with Gasteiger partial charge in [0, 0.05) is 0 Å². The van der Waals surface area contributed by atoms with E-state index >= 15 is 0 Å². The molecule has 0 radical (unpaired) electrons. The molecule has 2 nitrogen and oxygen atoms in total. The van der Waals surface area contributed by atoms with Crippen LogP contribution in [0, 0.1) is 11.8 Å². The number of allylic oxidation sites excluding steroid dienone is 3. The molecule has 0 aromatic carbocycles. The van der Waals surface area contributed by atoms with Crippen LogP contribution >= 0.6 is 0 Å². The number of esters is 1. The lowest BCUT2D eigenvalue weighted by Crippen LogP contribution is -2.10. The minimum absolute atomic E-state index is 0.0574. The number of hydrogen-bond acceptors (Lipinski definition) is 2. The number of ether oxygens (including phenoxy) is 1. The third-order valence-electron chi connectivity index (χ3n) is 2.73. The third-order valence-corrected chi connectivity index (χ3v) is 2.73. The minimum Gasteiger partial charge on any atom is -0.434 e. The van der Waals surface area contributed by atoms with Gasteiger partial charge in [0.1, 0.15) is 0 Å². The van der Waals surface area contributed by atoms with Crippen LogP contribution < -0.4 is 0 Å². The summed E-state index contributed by atoms with van der Waals surface area (Å²) in [5.41, 5.74) is 2.64. The molecular weight excluding hydrogens is 188 g/mol. The molecule has 1 aliphatic rings. The molecule has 0 aliphatic heterocycles. The summed E-state index contributed by atoms with van der Waals surface area (Å²) < 4.78 is 5.12. The third kappa shape index (κ3) is 3.54. The van der Waals surface area contributed by atoms with Crippen molar-refractivity contribution in [2.45, 2.75) is 40.5 Å². The monoisotopic (exact) mass is 208 g/mol. The summed E-state index contributed by atoms with van der Waals surface area (Å²) >= 11 is 0. The van der Waals surface area contributed by atoms with Crippen molar-refractivity contribution in [3.63, 3.8) is 0 Å². The van der Waals surface area contributed by atoms with Crippen LogP contribution in [-0.4, -0.2) is 5.97 Å². The SMILES string of the molecule is CC1=CC(C)C(=COC(=O)C(C)C)CC1. The molecule has 0 N–H and O–H groups in total. The molecule has 15 heavy (non-hydrogen) atoms. The molecule has 0 heterocycles. The quantitative estimate of drug-likeness (QED) is 0.395. The van der Waals surface area contributed by atoms with Crippen molar-refractivity contribution in [3.05, 3.63) is 23.5 Å². The van der Waals surface area contributed by atoms with Gasteiger partial charge in [0.15, 0.2) is 0 Å². The molecule has 0 saturated heterocycles. The van der Waals surface area contributed by atoms with Gasteiger partial charge >= 0.3 is 5.97 Å². The molecule has 1 rings (SSSR count). The molecule has 0 aromatic rings. The Labute approximate surface area is 92.0 Å². The van der Waals surface area contributed by atoms with E-state index in [2.05, 4.69) is 19.9 Å². The van der Waals surface area contributed by atoms with Crippen molar-refractivity contribution in [1.82, 2.24) is 0 Å². The highest BCUT2D eigenvalue weighted by molar-refractivity contribution is 5.72. The van der Waals surface area contributed by atoms with Gasteiger partial charge in [-0.05, 0) is 31.3 Å². The predicted molar refractivity (Wildman–Crippen MR) is 61.2 cm³/mol. The second kappa shape index (κ2) is 5.15. The maximum absolute atomic E-state index is 11.3. The van der Waals surface area contributed by atoms with Crippen molar-refractivity contribution in [2.75, 3.05) is 0 Å². The summed E-state index contributed by atoms with van der Waals surface area (Å²) in [5.74, 6) is 0.192. The molecule has 0 saturated carbocycles. The molecule has 2 heteroatoms. The highest BCUT2D eigenvalue weighted by Crippen LogP contribution is 2.27. The van der Waals surface area contributed by atoms with E-state index in [4.69, 9.17) is 4.74 Å². The zero-order chi connectivity index (χ0) is 11.4. The van der Waals surface area contributed by atoms with E-state index in [1.807, 2.05) is 13.8 Å². The van der Waals surface area contributed by atoms with Crippen LogP contribution in [0.3, 0.4) is 0 Å². The maximum Gasteiger partial charge on any atom is 0.313 e. The molecule has 0 amide bonds. The molecular formula is C13H20O2. The van der Waals surface area contributed by atoms with E-state index in [9.17, 15) is 4.79 Å². The van der Waals surface area contributed by atoms with E-state index in [1.165, 1.54) is 11.1 Å². The van der Waals surface area contributed by atoms with Crippen LogP contribution in [-0.2, 0) is 9.53 Å². The van der Waals surface area contributed by atoms with Crippen molar-refractivity contribution in [2.24, 2.45) is 11.8 Å². The minimum atomic E-state index is -0.152. The Balaban J connectivity index is 2.58. The molecule has 0 fully saturated rings. The summed E-state index contributed by atoms with van der Waals surface area (Å²) in [6, 6.07) is 0. The van der Waals surface area contributed by atoms with E-state index < -0.39 is 0 Å². The largest absolute Gasteiger partial charge is 0.434 e. The van der Waals surface area contributed by atoms with Crippen LogP contribution in [0.15, 0.2) is 23.5 Å². The fourth-order valence-corrected chi connectivity index (χ4v) is 1.62. The number of carbonyl (C=O) groups is 1. The number of hydrogen-bond donors (Lipinski definition) is 0. The van der Waals surface area contributed by atoms with Gasteiger partial charge in [-0.15, -0.1) is 0 Å². The lowest BCUT2D eigenvalue weighted by atomic mass is 9.88. The molecule has 1 atom stereocenters. The van der Waals surface area contributed by atoms with Gasteiger partial charge < -0.3 is 4.74 Å².